The Balaban J connectivity index is 1.59. The second kappa shape index (κ2) is 11.0. The predicted octanol–water partition coefficient (Wildman–Crippen LogP) is 3.44. The number of sulfonamides is 1. The quantitative estimate of drug-likeness (QED) is 0.340. The number of carbonyl (C=O) groups excluding carboxylic acids is 1. The maximum Gasteiger partial charge on any atom is 0.243 e. The molecule has 0 saturated heterocycles. The lowest BCUT2D eigenvalue weighted by Gasteiger charge is -2.18. The van der Waals surface area contributed by atoms with E-state index in [1.807, 2.05) is 43.7 Å². The van der Waals surface area contributed by atoms with Crippen molar-refractivity contribution in [2.45, 2.75) is 36.5 Å². The van der Waals surface area contributed by atoms with Crippen LogP contribution in [0.1, 0.15) is 26.1 Å². The number of aromatic nitrogens is 2. The second-order valence-corrected chi connectivity index (χ2v) is 10.4. The Kier molecular flexibility index (Phi) is 8.33. The van der Waals surface area contributed by atoms with Crippen molar-refractivity contribution in [1.82, 2.24) is 19.2 Å². The molecular weight excluding hydrogens is 444 g/mol. The van der Waals surface area contributed by atoms with Gasteiger partial charge in [-0.1, -0.05) is 32.0 Å². The van der Waals surface area contributed by atoms with E-state index in [-0.39, 0.29) is 10.8 Å². The number of nitrogens with zero attached hydrogens (tertiary/aromatic N) is 3. The van der Waals surface area contributed by atoms with Gasteiger partial charge in [0.15, 0.2) is 0 Å². The van der Waals surface area contributed by atoms with E-state index in [9.17, 15) is 13.2 Å². The van der Waals surface area contributed by atoms with Gasteiger partial charge in [-0.05, 0) is 30.3 Å². The minimum Gasteiger partial charge on any atom is -0.355 e. The molecular formula is C23H30N4O3S2. The van der Waals surface area contributed by atoms with Crippen LogP contribution in [0.4, 0.5) is 0 Å². The highest BCUT2D eigenvalue weighted by Crippen LogP contribution is 2.23. The Morgan fingerprint density at radius 2 is 1.84 bits per heavy atom. The van der Waals surface area contributed by atoms with Crippen LogP contribution >= 0.6 is 11.8 Å². The highest BCUT2D eigenvalue weighted by Gasteiger charge is 2.22. The van der Waals surface area contributed by atoms with E-state index in [4.69, 9.17) is 0 Å². The van der Waals surface area contributed by atoms with Crippen molar-refractivity contribution in [3.8, 4) is 0 Å². The average molecular weight is 475 g/mol. The summed E-state index contributed by atoms with van der Waals surface area (Å²) in [7, 11) is -1.65. The summed E-state index contributed by atoms with van der Waals surface area (Å²) in [5.74, 6) is 1.55. The lowest BCUT2D eigenvalue weighted by atomic mass is 10.3. The molecule has 1 amide bonds. The summed E-state index contributed by atoms with van der Waals surface area (Å²) in [6, 6.07) is 15.1. The molecule has 0 unspecified atom stereocenters. The molecule has 1 N–H and O–H groups in total. The molecule has 2 aromatic carbocycles. The Morgan fingerprint density at radius 3 is 2.53 bits per heavy atom. The van der Waals surface area contributed by atoms with Crippen LogP contribution in [0.5, 0.6) is 0 Å². The Morgan fingerprint density at radius 1 is 1.12 bits per heavy atom. The van der Waals surface area contributed by atoms with E-state index in [2.05, 4.69) is 22.4 Å². The molecule has 7 nitrogen and oxygen atoms in total. The van der Waals surface area contributed by atoms with Crippen LogP contribution in [0.25, 0.3) is 11.0 Å². The summed E-state index contributed by atoms with van der Waals surface area (Å²) < 4.78 is 28.9. The Hall–Kier alpha value is -2.36. The van der Waals surface area contributed by atoms with Gasteiger partial charge in [-0.3, -0.25) is 4.79 Å². The van der Waals surface area contributed by atoms with Gasteiger partial charge in [-0.15, -0.1) is 11.8 Å². The van der Waals surface area contributed by atoms with Crippen LogP contribution in [0.3, 0.4) is 0 Å². The lowest BCUT2D eigenvalue weighted by Crippen LogP contribution is -2.30. The summed E-state index contributed by atoms with van der Waals surface area (Å²) in [6.07, 6.45) is 0.818. The van der Waals surface area contributed by atoms with E-state index in [1.165, 1.54) is 9.20 Å². The van der Waals surface area contributed by atoms with E-state index < -0.39 is 10.0 Å². The van der Waals surface area contributed by atoms with Crippen LogP contribution < -0.4 is 5.32 Å². The van der Waals surface area contributed by atoms with Gasteiger partial charge in [-0.25, -0.2) is 13.4 Å². The number of thioether (sulfide) groups is 1. The number of amides is 1. The smallest absolute Gasteiger partial charge is 0.243 e. The van der Waals surface area contributed by atoms with Crippen molar-refractivity contribution < 1.29 is 13.2 Å². The van der Waals surface area contributed by atoms with Gasteiger partial charge in [-0.2, -0.15) is 4.31 Å². The maximum atomic E-state index is 12.8. The molecule has 0 radical (unpaired) electrons. The second-order valence-electron chi connectivity index (χ2n) is 7.34. The van der Waals surface area contributed by atoms with Gasteiger partial charge in [0.25, 0.3) is 0 Å². The average Bonchev–Trinajstić information content (AvgIpc) is 3.11. The fourth-order valence-corrected chi connectivity index (χ4v) is 5.78. The third-order valence-corrected chi connectivity index (χ3v) is 8.36. The van der Waals surface area contributed by atoms with Crippen molar-refractivity contribution in [2.24, 2.45) is 7.05 Å². The van der Waals surface area contributed by atoms with E-state index in [0.717, 1.165) is 17.1 Å². The van der Waals surface area contributed by atoms with Crippen LogP contribution in [0, 0.1) is 0 Å². The van der Waals surface area contributed by atoms with Crippen molar-refractivity contribution in [3.05, 3.63) is 54.4 Å². The fraction of sp³-hybridized carbons (Fsp3) is 0.391. The van der Waals surface area contributed by atoms with Gasteiger partial charge in [0.2, 0.25) is 15.9 Å². The first-order chi connectivity index (χ1) is 15.4. The molecule has 172 valence electrons. The molecule has 0 saturated carbocycles. The Bertz CT molecular complexity index is 1160. The number of imidazole rings is 1. The number of carbonyl (C=O) groups is 1. The molecule has 0 fully saturated rings. The summed E-state index contributed by atoms with van der Waals surface area (Å²) in [4.78, 5) is 18.3. The first-order valence-corrected chi connectivity index (χ1v) is 13.2. The minimum absolute atomic E-state index is 0.0180. The fourth-order valence-electron chi connectivity index (χ4n) is 3.52. The monoisotopic (exact) mass is 474 g/mol. The third-order valence-electron chi connectivity index (χ3n) is 5.30. The summed E-state index contributed by atoms with van der Waals surface area (Å²) in [5, 5.41) is 2.95. The molecule has 0 atom stereocenters. The molecule has 0 aliphatic carbocycles. The van der Waals surface area contributed by atoms with Gasteiger partial charge in [0.1, 0.15) is 5.82 Å². The summed E-state index contributed by atoms with van der Waals surface area (Å²) in [5.41, 5.74) is 1.47. The van der Waals surface area contributed by atoms with Crippen LogP contribution in [0.15, 0.2) is 58.3 Å². The number of hydrogen-bond donors (Lipinski definition) is 1. The SMILES string of the molecule is CCN(CC)S(=O)(=O)c1ccc2c(c1)nc(CCC(=O)NCCSc1ccccc1)n2C. The lowest BCUT2D eigenvalue weighted by molar-refractivity contribution is -0.120. The molecule has 0 bridgehead atoms. The normalized spacial score (nSPS) is 11.9. The number of fused-ring (bicyclic) bond motifs is 1. The number of nitrogens with one attached hydrogen (secondary N) is 1. The predicted molar refractivity (Wildman–Crippen MR) is 129 cm³/mol. The number of aryl methyl sites for hydroxylation is 2. The zero-order chi connectivity index (χ0) is 23.1. The molecule has 3 aromatic rings. The van der Waals surface area contributed by atoms with Crippen LogP contribution in [0.2, 0.25) is 0 Å². The van der Waals surface area contributed by atoms with Crippen molar-refractivity contribution in [2.75, 3.05) is 25.4 Å². The zero-order valence-corrected chi connectivity index (χ0v) is 20.4. The first kappa shape index (κ1) is 24.3. The first-order valence-electron chi connectivity index (χ1n) is 10.8. The van der Waals surface area contributed by atoms with Crippen molar-refractivity contribution >= 4 is 38.7 Å². The number of hydrogen-bond acceptors (Lipinski definition) is 5. The standard InChI is InChI=1S/C23H30N4O3S2/c1-4-27(5-2)32(29,30)19-11-12-21-20(17-19)25-22(26(21)3)13-14-23(28)24-15-16-31-18-9-7-6-8-10-18/h6-12,17H,4-5,13-16H2,1-3H3,(H,24,28). The van der Waals surface area contributed by atoms with Gasteiger partial charge >= 0.3 is 0 Å². The molecule has 0 spiro atoms. The maximum absolute atomic E-state index is 12.8. The molecule has 1 aromatic heterocycles. The molecule has 0 aliphatic heterocycles. The van der Waals surface area contributed by atoms with E-state index in [1.54, 1.807) is 30.0 Å². The Labute approximate surface area is 194 Å². The van der Waals surface area contributed by atoms with E-state index in [0.29, 0.717) is 38.0 Å². The van der Waals surface area contributed by atoms with Crippen molar-refractivity contribution in [1.29, 1.82) is 0 Å². The molecule has 32 heavy (non-hydrogen) atoms. The van der Waals surface area contributed by atoms with Gasteiger partial charge in [0.05, 0.1) is 15.9 Å². The number of rotatable bonds is 11. The molecule has 0 aliphatic rings. The van der Waals surface area contributed by atoms with E-state index >= 15 is 0 Å². The number of benzene rings is 2. The van der Waals surface area contributed by atoms with Crippen LogP contribution in [-0.2, 0) is 28.3 Å². The highest BCUT2D eigenvalue weighted by atomic mass is 32.2. The largest absolute Gasteiger partial charge is 0.355 e. The minimum atomic E-state index is -3.54. The zero-order valence-electron chi connectivity index (χ0n) is 18.7. The molecule has 3 rings (SSSR count). The highest BCUT2D eigenvalue weighted by molar-refractivity contribution is 7.99. The van der Waals surface area contributed by atoms with Gasteiger partial charge in [0, 0.05) is 50.2 Å². The summed E-state index contributed by atoms with van der Waals surface area (Å²) >= 11 is 1.71. The van der Waals surface area contributed by atoms with Gasteiger partial charge < -0.3 is 9.88 Å². The topological polar surface area (TPSA) is 84.3 Å². The summed E-state index contributed by atoms with van der Waals surface area (Å²) in [6.45, 7) is 5.09. The third kappa shape index (κ3) is 5.70. The molecule has 1 heterocycles. The molecule has 9 heteroatoms. The van der Waals surface area contributed by atoms with Crippen molar-refractivity contribution in [3.63, 3.8) is 0 Å². The van der Waals surface area contributed by atoms with Crippen LogP contribution in [-0.4, -0.2) is 53.6 Å².